The van der Waals surface area contributed by atoms with Crippen LogP contribution in [-0.4, -0.2) is 75.6 Å². The molecule has 0 spiro atoms. The molecule has 5 atom stereocenters. The zero-order valence-electron chi connectivity index (χ0n) is 21.4. The number of hydrogen-bond acceptors (Lipinski definition) is 7. The minimum absolute atomic E-state index is 0.0892. The summed E-state index contributed by atoms with van der Waals surface area (Å²) in [4.78, 5) is 44.8. The summed E-state index contributed by atoms with van der Waals surface area (Å²) in [7, 11) is 0. The Bertz CT molecular complexity index is 934. The highest BCUT2D eigenvalue weighted by atomic mass is 35.5. The maximum atomic E-state index is 13.4. The quantitative estimate of drug-likeness (QED) is 0.362. The van der Waals surface area contributed by atoms with Crippen LogP contribution in [0.1, 0.15) is 59.8 Å². The first-order valence-corrected chi connectivity index (χ1v) is 12.9. The molecule has 1 aliphatic carbocycles. The van der Waals surface area contributed by atoms with Gasteiger partial charge >= 0.3 is 0 Å². The molecule has 2 aliphatic rings. The number of aliphatic hydroxyl groups excluding tert-OH is 1. The monoisotopic (exact) mass is 523 g/mol. The molecular weight excluding hydrogens is 486 g/mol. The van der Waals surface area contributed by atoms with Crippen molar-refractivity contribution in [3.8, 4) is 5.88 Å². The highest BCUT2D eigenvalue weighted by Gasteiger charge is 2.45. The lowest BCUT2D eigenvalue weighted by molar-refractivity contribution is -0.142. The Morgan fingerprint density at radius 3 is 2.56 bits per heavy atom. The molecule has 10 nitrogen and oxygen atoms in total. The summed E-state index contributed by atoms with van der Waals surface area (Å²) in [5, 5.41) is 16.7. The van der Waals surface area contributed by atoms with Crippen molar-refractivity contribution in [2.75, 3.05) is 6.54 Å². The lowest BCUT2D eigenvalue weighted by Crippen LogP contribution is -2.58. The van der Waals surface area contributed by atoms with Crippen molar-refractivity contribution < 1.29 is 24.2 Å². The van der Waals surface area contributed by atoms with Gasteiger partial charge in [0.05, 0.1) is 23.7 Å². The van der Waals surface area contributed by atoms with Gasteiger partial charge in [0.15, 0.2) is 6.10 Å². The normalized spacial score (nSPS) is 22.5. The van der Waals surface area contributed by atoms with E-state index in [1.165, 1.54) is 11.1 Å². The van der Waals surface area contributed by atoms with Crippen molar-refractivity contribution >= 4 is 29.3 Å². The summed E-state index contributed by atoms with van der Waals surface area (Å²) >= 11 is 5.90. The Kier molecular flexibility index (Phi) is 9.18. The Labute approximate surface area is 217 Å². The SMILES string of the molecule is CCC[C@H](NC(=O)[C@@H]1C[C@@H](Oc2ccc(Cl)cn2)CN1C(=O)[C@@H](N)C(C)(C)C)[C@H](O)C(=O)NC1CC1. The number of nitrogens with one attached hydrogen (secondary N) is 2. The zero-order chi connectivity index (χ0) is 26.6. The number of nitrogens with zero attached hydrogens (tertiary/aromatic N) is 2. The third kappa shape index (κ3) is 7.30. The molecule has 0 bridgehead atoms. The molecule has 2 fully saturated rings. The molecule has 11 heteroatoms. The minimum atomic E-state index is -1.39. The van der Waals surface area contributed by atoms with Gasteiger partial charge in [-0.3, -0.25) is 14.4 Å². The van der Waals surface area contributed by atoms with Gasteiger partial charge in [0, 0.05) is 24.7 Å². The number of ether oxygens (including phenoxy) is 1. The number of carbonyl (C=O) groups is 3. The number of amides is 3. The molecule has 1 saturated heterocycles. The average molecular weight is 524 g/mol. The van der Waals surface area contributed by atoms with Crippen LogP contribution in [0.4, 0.5) is 0 Å². The first-order valence-electron chi connectivity index (χ1n) is 12.5. The highest BCUT2D eigenvalue weighted by Crippen LogP contribution is 2.27. The molecule has 3 amide bonds. The Morgan fingerprint density at radius 2 is 2.00 bits per heavy atom. The van der Waals surface area contributed by atoms with Crippen molar-refractivity contribution in [3.05, 3.63) is 23.4 Å². The summed E-state index contributed by atoms with van der Waals surface area (Å²) in [6, 6.07) is 0.862. The average Bonchev–Trinajstić information content (AvgIpc) is 3.54. The van der Waals surface area contributed by atoms with Gasteiger partial charge in [-0.05, 0) is 30.7 Å². The second-order valence-electron chi connectivity index (χ2n) is 10.8. The first-order chi connectivity index (χ1) is 16.9. The van der Waals surface area contributed by atoms with E-state index in [-0.39, 0.29) is 24.9 Å². The minimum Gasteiger partial charge on any atom is -0.472 e. The number of halogens is 1. The largest absolute Gasteiger partial charge is 0.472 e. The fourth-order valence-corrected chi connectivity index (χ4v) is 4.23. The summed E-state index contributed by atoms with van der Waals surface area (Å²) in [6.45, 7) is 7.63. The zero-order valence-corrected chi connectivity index (χ0v) is 22.1. The van der Waals surface area contributed by atoms with Crippen molar-refractivity contribution in [2.45, 2.75) is 96.2 Å². The van der Waals surface area contributed by atoms with Gasteiger partial charge in [0.25, 0.3) is 5.91 Å². The maximum Gasteiger partial charge on any atom is 0.251 e. The van der Waals surface area contributed by atoms with E-state index < -0.39 is 47.6 Å². The van der Waals surface area contributed by atoms with E-state index >= 15 is 0 Å². The van der Waals surface area contributed by atoms with Gasteiger partial charge in [-0.1, -0.05) is 45.7 Å². The third-order valence-corrected chi connectivity index (χ3v) is 6.76. The topological polar surface area (TPSA) is 147 Å². The van der Waals surface area contributed by atoms with Gasteiger partial charge in [0.2, 0.25) is 17.7 Å². The number of aromatic nitrogens is 1. The molecule has 2 heterocycles. The number of hydrogen-bond donors (Lipinski definition) is 4. The number of pyridine rings is 1. The lowest BCUT2D eigenvalue weighted by Gasteiger charge is -2.33. The van der Waals surface area contributed by atoms with Crippen LogP contribution in [0.15, 0.2) is 18.3 Å². The Hall–Kier alpha value is -2.43. The van der Waals surface area contributed by atoms with Crippen molar-refractivity contribution in [1.29, 1.82) is 0 Å². The molecule has 0 unspecified atom stereocenters. The van der Waals surface area contributed by atoms with E-state index in [1.807, 2.05) is 27.7 Å². The number of carbonyl (C=O) groups excluding carboxylic acids is 3. The molecule has 1 aliphatic heterocycles. The van der Waals surface area contributed by atoms with Crippen LogP contribution in [0.25, 0.3) is 0 Å². The molecule has 0 aromatic carbocycles. The number of likely N-dealkylation sites (tertiary alicyclic amines) is 1. The van der Waals surface area contributed by atoms with Gasteiger partial charge in [0.1, 0.15) is 12.1 Å². The fraction of sp³-hybridized carbons (Fsp3) is 0.680. The van der Waals surface area contributed by atoms with Crippen molar-refractivity contribution in [1.82, 2.24) is 20.5 Å². The number of nitrogens with two attached hydrogens (primary N) is 1. The van der Waals surface area contributed by atoms with Crippen LogP contribution in [0.2, 0.25) is 5.02 Å². The number of rotatable bonds is 10. The smallest absolute Gasteiger partial charge is 0.251 e. The summed E-state index contributed by atoms with van der Waals surface area (Å²) in [5.41, 5.74) is 5.74. The molecule has 0 radical (unpaired) electrons. The van der Waals surface area contributed by atoms with E-state index in [0.717, 1.165) is 12.8 Å². The predicted molar refractivity (Wildman–Crippen MR) is 135 cm³/mol. The summed E-state index contributed by atoms with van der Waals surface area (Å²) in [6.07, 6.45) is 2.61. The van der Waals surface area contributed by atoms with E-state index in [2.05, 4.69) is 15.6 Å². The number of aliphatic hydroxyl groups is 1. The van der Waals surface area contributed by atoms with E-state index in [0.29, 0.717) is 23.7 Å². The van der Waals surface area contributed by atoms with Gasteiger partial charge in [-0.25, -0.2) is 4.98 Å². The second-order valence-corrected chi connectivity index (χ2v) is 11.2. The van der Waals surface area contributed by atoms with Crippen LogP contribution in [0.3, 0.4) is 0 Å². The molecule has 1 aromatic rings. The molecule has 1 saturated carbocycles. The van der Waals surface area contributed by atoms with Crippen molar-refractivity contribution in [3.63, 3.8) is 0 Å². The molecule has 36 heavy (non-hydrogen) atoms. The van der Waals surface area contributed by atoms with E-state index in [1.54, 1.807) is 12.1 Å². The van der Waals surface area contributed by atoms with Gasteiger partial charge in [-0.2, -0.15) is 0 Å². The Morgan fingerprint density at radius 1 is 1.31 bits per heavy atom. The lowest BCUT2D eigenvalue weighted by atomic mass is 9.86. The molecular formula is C25H38ClN5O5. The van der Waals surface area contributed by atoms with Gasteiger partial charge in [-0.15, -0.1) is 0 Å². The first kappa shape index (κ1) is 28.1. The molecule has 3 rings (SSSR count). The van der Waals surface area contributed by atoms with Crippen LogP contribution >= 0.6 is 11.6 Å². The Balaban J connectivity index is 1.76. The highest BCUT2D eigenvalue weighted by molar-refractivity contribution is 6.30. The third-order valence-electron chi connectivity index (χ3n) is 6.54. The van der Waals surface area contributed by atoms with Crippen LogP contribution < -0.4 is 21.1 Å². The van der Waals surface area contributed by atoms with Crippen LogP contribution in [-0.2, 0) is 14.4 Å². The molecule has 200 valence electrons. The summed E-state index contributed by atoms with van der Waals surface area (Å²) < 4.78 is 5.95. The molecule has 1 aromatic heterocycles. The molecule has 5 N–H and O–H groups in total. The van der Waals surface area contributed by atoms with Crippen LogP contribution in [0.5, 0.6) is 5.88 Å². The maximum absolute atomic E-state index is 13.4. The summed E-state index contributed by atoms with van der Waals surface area (Å²) in [5.74, 6) is -0.998. The fourth-order valence-electron chi connectivity index (χ4n) is 4.12. The van der Waals surface area contributed by atoms with Gasteiger partial charge < -0.3 is 31.1 Å². The van der Waals surface area contributed by atoms with E-state index in [9.17, 15) is 19.5 Å². The second kappa shape index (κ2) is 11.7. The standard InChI is InChI=1S/C25H38ClN5O5/c1-5-6-17(20(32)23(34)29-15-8-9-15)30-22(33)18-11-16(36-19-10-7-14(26)12-28-19)13-31(18)24(35)21(27)25(2,3)4/h7,10,12,15-18,20-21,32H,5-6,8-9,11,13,27H2,1-4H3,(H,29,34)(H,30,33)/t16-,17+,18+,20+,21-/m1/s1. The van der Waals surface area contributed by atoms with Crippen molar-refractivity contribution in [2.24, 2.45) is 11.1 Å². The van der Waals surface area contributed by atoms with E-state index in [4.69, 9.17) is 22.1 Å². The van der Waals surface area contributed by atoms with Crippen LogP contribution in [0, 0.1) is 5.41 Å². The predicted octanol–water partition coefficient (Wildman–Crippen LogP) is 1.38.